The smallest absolute Gasteiger partial charge is 0.143 e. The lowest BCUT2D eigenvalue weighted by atomic mass is 10.2. The molecule has 0 spiro atoms. The molecule has 5 heteroatoms. The first-order valence-electron chi connectivity index (χ1n) is 6.70. The number of ether oxygens (including phenoxy) is 1. The van der Waals surface area contributed by atoms with Gasteiger partial charge in [0.25, 0.3) is 0 Å². The molecule has 0 aliphatic rings. The van der Waals surface area contributed by atoms with E-state index >= 15 is 0 Å². The maximum Gasteiger partial charge on any atom is 0.143 e. The zero-order valence-electron chi connectivity index (χ0n) is 11.6. The minimum absolute atomic E-state index is 0.120. The predicted molar refractivity (Wildman–Crippen MR) is 88.7 cm³/mol. The summed E-state index contributed by atoms with van der Waals surface area (Å²) in [6, 6.07) is 10.5. The fourth-order valence-corrected chi connectivity index (χ4v) is 2.37. The van der Waals surface area contributed by atoms with Crippen LogP contribution in [0.2, 0.25) is 5.02 Å². The first-order chi connectivity index (χ1) is 10.1. The van der Waals surface area contributed by atoms with Gasteiger partial charge in [-0.15, -0.1) is 0 Å². The summed E-state index contributed by atoms with van der Waals surface area (Å²) in [7, 11) is 0. The maximum atomic E-state index is 13.4. The highest BCUT2D eigenvalue weighted by Crippen LogP contribution is 2.25. The molecular weight excluding hydrogens is 357 g/mol. The number of hydrogen-bond donors (Lipinski definition) is 1. The Bertz CT molecular complexity index is 621. The first-order valence-corrected chi connectivity index (χ1v) is 7.87. The van der Waals surface area contributed by atoms with E-state index < -0.39 is 5.82 Å². The van der Waals surface area contributed by atoms with Crippen molar-refractivity contribution in [1.82, 2.24) is 0 Å². The van der Waals surface area contributed by atoms with Crippen LogP contribution in [0.4, 0.5) is 10.1 Å². The Morgan fingerprint density at radius 1 is 1.24 bits per heavy atom. The highest BCUT2D eigenvalue weighted by atomic mass is 79.9. The van der Waals surface area contributed by atoms with Gasteiger partial charge in [-0.2, -0.15) is 0 Å². The SMILES string of the molecule is CCCOc1ccc(Br)cc1CNc1ccc(Cl)c(F)c1. The van der Waals surface area contributed by atoms with Gasteiger partial charge in [0.2, 0.25) is 0 Å². The van der Waals surface area contributed by atoms with Crippen LogP contribution in [0.5, 0.6) is 5.75 Å². The van der Waals surface area contributed by atoms with Gasteiger partial charge in [-0.1, -0.05) is 34.5 Å². The van der Waals surface area contributed by atoms with E-state index in [4.69, 9.17) is 16.3 Å². The molecule has 0 radical (unpaired) electrons. The van der Waals surface area contributed by atoms with Crippen LogP contribution in [0.15, 0.2) is 40.9 Å². The van der Waals surface area contributed by atoms with Crippen LogP contribution in [0.3, 0.4) is 0 Å². The highest BCUT2D eigenvalue weighted by Gasteiger charge is 2.06. The highest BCUT2D eigenvalue weighted by molar-refractivity contribution is 9.10. The molecule has 2 nitrogen and oxygen atoms in total. The van der Waals surface area contributed by atoms with Crippen LogP contribution in [-0.4, -0.2) is 6.61 Å². The van der Waals surface area contributed by atoms with E-state index in [9.17, 15) is 4.39 Å². The average Bonchev–Trinajstić information content (AvgIpc) is 2.47. The standard InChI is InChI=1S/C16H16BrClFNO/c1-2-7-21-16-6-3-12(17)8-11(16)10-20-13-4-5-14(18)15(19)9-13/h3-6,8-9,20H,2,7,10H2,1H3. The molecule has 0 atom stereocenters. The molecule has 0 heterocycles. The molecule has 0 amide bonds. The molecule has 21 heavy (non-hydrogen) atoms. The molecule has 0 saturated carbocycles. The number of halogens is 3. The molecule has 2 rings (SSSR count). The topological polar surface area (TPSA) is 21.3 Å². The summed E-state index contributed by atoms with van der Waals surface area (Å²) in [5, 5.41) is 3.29. The van der Waals surface area contributed by atoms with Crippen LogP contribution >= 0.6 is 27.5 Å². The lowest BCUT2D eigenvalue weighted by molar-refractivity contribution is 0.314. The van der Waals surface area contributed by atoms with Crippen molar-refractivity contribution < 1.29 is 9.13 Å². The summed E-state index contributed by atoms with van der Waals surface area (Å²) in [5.74, 6) is 0.403. The van der Waals surface area contributed by atoms with Crippen molar-refractivity contribution >= 4 is 33.2 Å². The Kier molecular flexibility index (Phi) is 5.88. The zero-order chi connectivity index (χ0) is 15.2. The first kappa shape index (κ1) is 16.1. The van der Waals surface area contributed by atoms with Crippen LogP contribution in [0.25, 0.3) is 0 Å². The van der Waals surface area contributed by atoms with E-state index in [1.54, 1.807) is 6.07 Å². The van der Waals surface area contributed by atoms with Crippen LogP contribution in [0, 0.1) is 5.82 Å². The van der Waals surface area contributed by atoms with Gasteiger partial charge < -0.3 is 10.1 Å². The predicted octanol–water partition coefficient (Wildman–Crippen LogP) is 5.64. The molecular formula is C16H16BrClFNO. The van der Waals surface area contributed by atoms with Gasteiger partial charge in [-0.25, -0.2) is 4.39 Å². The summed E-state index contributed by atoms with van der Waals surface area (Å²) in [6.45, 7) is 3.27. The van der Waals surface area contributed by atoms with Gasteiger partial charge in [-0.3, -0.25) is 0 Å². The molecule has 0 saturated heterocycles. The third-order valence-corrected chi connectivity index (χ3v) is 3.69. The van der Waals surface area contributed by atoms with Gasteiger partial charge in [0.05, 0.1) is 11.6 Å². The largest absolute Gasteiger partial charge is 0.493 e. The van der Waals surface area contributed by atoms with Crippen LogP contribution in [0.1, 0.15) is 18.9 Å². The number of rotatable bonds is 6. The molecule has 0 unspecified atom stereocenters. The fraction of sp³-hybridized carbons (Fsp3) is 0.250. The van der Waals surface area contributed by atoms with Crippen molar-refractivity contribution in [1.29, 1.82) is 0 Å². The van der Waals surface area contributed by atoms with Gasteiger partial charge in [0.15, 0.2) is 0 Å². The lowest BCUT2D eigenvalue weighted by Crippen LogP contribution is -2.04. The van der Waals surface area contributed by atoms with Crippen molar-refractivity contribution in [3.8, 4) is 5.75 Å². The Balaban J connectivity index is 2.10. The average molecular weight is 373 g/mol. The van der Waals surface area contributed by atoms with Crippen molar-refractivity contribution in [3.05, 3.63) is 57.3 Å². The van der Waals surface area contributed by atoms with E-state index in [0.717, 1.165) is 22.2 Å². The van der Waals surface area contributed by atoms with E-state index in [2.05, 4.69) is 28.2 Å². The van der Waals surface area contributed by atoms with Crippen molar-refractivity contribution in [2.75, 3.05) is 11.9 Å². The van der Waals surface area contributed by atoms with Crippen LogP contribution in [-0.2, 0) is 6.54 Å². The molecule has 0 aromatic heterocycles. The van der Waals surface area contributed by atoms with Crippen molar-refractivity contribution in [2.45, 2.75) is 19.9 Å². The lowest BCUT2D eigenvalue weighted by Gasteiger charge is -2.13. The van der Waals surface area contributed by atoms with E-state index in [-0.39, 0.29) is 5.02 Å². The van der Waals surface area contributed by atoms with Crippen LogP contribution < -0.4 is 10.1 Å². The second-order valence-electron chi connectivity index (χ2n) is 4.58. The summed E-state index contributed by atoms with van der Waals surface area (Å²) < 4.78 is 20.1. The van der Waals surface area contributed by atoms with Gasteiger partial charge in [-0.05, 0) is 42.8 Å². The van der Waals surface area contributed by atoms with Crippen molar-refractivity contribution in [3.63, 3.8) is 0 Å². The number of nitrogens with one attached hydrogen (secondary N) is 1. The Morgan fingerprint density at radius 2 is 2.05 bits per heavy atom. The number of anilines is 1. The van der Waals surface area contributed by atoms with Gasteiger partial charge in [0, 0.05) is 22.3 Å². The third-order valence-electron chi connectivity index (χ3n) is 2.89. The van der Waals surface area contributed by atoms with E-state index in [0.29, 0.717) is 18.8 Å². The summed E-state index contributed by atoms with van der Waals surface area (Å²) in [5.41, 5.74) is 1.69. The minimum Gasteiger partial charge on any atom is -0.493 e. The summed E-state index contributed by atoms with van der Waals surface area (Å²) in [4.78, 5) is 0. The Labute approximate surface area is 137 Å². The number of hydrogen-bond acceptors (Lipinski definition) is 2. The quantitative estimate of drug-likeness (QED) is 0.708. The molecule has 0 aliphatic carbocycles. The zero-order valence-corrected chi connectivity index (χ0v) is 14.0. The molecule has 0 fully saturated rings. The third kappa shape index (κ3) is 4.61. The molecule has 0 aliphatic heterocycles. The van der Waals surface area contributed by atoms with E-state index in [1.807, 2.05) is 18.2 Å². The summed E-state index contributed by atoms with van der Waals surface area (Å²) in [6.07, 6.45) is 0.950. The molecule has 2 aromatic carbocycles. The van der Waals surface area contributed by atoms with Crippen molar-refractivity contribution in [2.24, 2.45) is 0 Å². The van der Waals surface area contributed by atoms with Gasteiger partial charge in [0.1, 0.15) is 11.6 Å². The molecule has 0 bridgehead atoms. The molecule has 112 valence electrons. The fourth-order valence-electron chi connectivity index (χ4n) is 1.84. The second kappa shape index (κ2) is 7.66. The van der Waals surface area contributed by atoms with E-state index in [1.165, 1.54) is 12.1 Å². The number of benzene rings is 2. The molecule has 2 aromatic rings. The monoisotopic (exact) mass is 371 g/mol. The normalized spacial score (nSPS) is 10.5. The maximum absolute atomic E-state index is 13.4. The Hall–Kier alpha value is -1.26. The molecule has 1 N–H and O–H groups in total. The minimum atomic E-state index is -0.432. The second-order valence-corrected chi connectivity index (χ2v) is 5.91. The Morgan fingerprint density at radius 3 is 2.76 bits per heavy atom. The van der Waals surface area contributed by atoms with Gasteiger partial charge >= 0.3 is 0 Å². The summed E-state index contributed by atoms with van der Waals surface area (Å²) >= 11 is 9.12.